The summed E-state index contributed by atoms with van der Waals surface area (Å²) in [5.41, 5.74) is 0.254. The molecule has 0 atom stereocenters. The monoisotopic (exact) mass is 366 g/mol. The van der Waals surface area contributed by atoms with Crippen LogP contribution in [0.4, 0.5) is 8.78 Å². The van der Waals surface area contributed by atoms with Crippen molar-refractivity contribution in [3.63, 3.8) is 0 Å². The molecular weight excluding hydrogens is 350 g/mol. The standard InChI is InChI=1S/C21H16F2N2O2/c22-17-12-6-4-10-15(17)20(26)24-19(14-8-2-1-3-9-14)25-21(27)16-11-5-7-13-18(16)23/h1-13,19H,(H,24,26)(H,25,27). The molecule has 6 heteroatoms. The second-order valence-corrected chi connectivity index (χ2v) is 5.75. The van der Waals surface area contributed by atoms with Gasteiger partial charge in [0.2, 0.25) is 0 Å². The number of nitrogens with one attached hydrogen (secondary N) is 2. The van der Waals surface area contributed by atoms with Crippen LogP contribution in [0.3, 0.4) is 0 Å². The molecule has 3 rings (SSSR count). The molecule has 2 amide bonds. The Kier molecular flexibility index (Phi) is 5.56. The van der Waals surface area contributed by atoms with Gasteiger partial charge in [-0.2, -0.15) is 0 Å². The van der Waals surface area contributed by atoms with Gasteiger partial charge in [-0.05, 0) is 29.8 Å². The van der Waals surface area contributed by atoms with E-state index in [1.165, 1.54) is 48.5 Å². The summed E-state index contributed by atoms with van der Waals surface area (Å²) in [6.07, 6.45) is -0.967. The van der Waals surface area contributed by atoms with Crippen molar-refractivity contribution < 1.29 is 18.4 Å². The van der Waals surface area contributed by atoms with Gasteiger partial charge in [-0.3, -0.25) is 9.59 Å². The van der Waals surface area contributed by atoms with Gasteiger partial charge >= 0.3 is 0 Å². The first-order valence-electron chi connectivity index (χ1n) is 8.22. The maximum absolute atomic E-state index is 13.9. The average Bonchev–Trinajstić information content (AvgIpc) is 2.68. The molecule has 3 aromatic carbocycles. The number of hydrogen-bond acceptors (Lipinski definition) is 2. The molecule has 0 spiro atoms. The molecule has 4 nitrogen and oxygen atoms in total. The van der Waals surface area contributed by atoms with Crippen molar-refractivity contribution in [2.45, 2.75) is 6.17 Å². The minimum Gasteiger partial charge on any atom is -0.328 e. The molecular formula is C21H16F2N2O2. The zero-order chi connectivity index (χ0) is 19.2. The van der Waals surface area contributed by atoms with Gasteiger partial charge in [0, 0.05) is 0 Å². The molecule has 2 N–H and O–H groups in total. The molecule has 0 aliphatic heterocycles. The molecule has 0 saturated heterocycles. The summed E-state index contributed by atoms with van der Waals surface area (Å²) in [5, 5.41) is 5.15. The second kappa shape index (κ2) is 8.23. The number of carbonyl (C=O) groups is 2. The van der Waals surface area contributed by atoms with Crippen LogP contribution in [0.25, 0.3) is 0 Å². The Balaban J connectivity index is 1.86. The van der Waals surface area contributed by atoms with E-state index in [9.17, 15) is 18.4 Å². The molecule has 27 heavy (non-hydrogen) atoms. The summed E-state index contributed by atoms with van der Waals surface area (Å²) >= 11 is 0. The van der Waals surface area contributed by atoms with Gasteiger partial charge < -0.3 is 10.6 Å². The van der Waals surface area contributed by atoms with Crippen molar-refractivity contribution >= 4 is 11.8 Å². The largest absolute Gasteiger partial charge is 0.328 e. The predicted octanol–water partition coefficient (Wildman–Crippen LogP) is 3.82. The molecule has 0 aliphatic rings. The molecule has 136 valence electrons. The van der Waals surface area contributed by atoms with Crippen LogP contribution in [0.5, 0.6) is 0 Å². The summed E-state index contributed by atoms with van der Waals surface area (Å²) in [6, 6.07) is 19.6. The summed E-state index contributed by atoms with van der Waals surface area (Å²) < 4.78 is 27.8. The van der Waals surface area contributed by atoms with Crippen LogP contribution in [-0.4, -0.2) is 11.8 Å². The fraction of sp³-hybridized carbons (Fsp3) is 0.0476. The van der Waals surface area contributed by atoms with Gasteiger partial charge in [0.15, 0.2) is 0 Å². The van der Waals surface area contributed by atoms with Crippen molar-refractivity contribution in [1.82, 2.24) is 10.6 Å². The van der Waals surface area contributed by atoms with Crippen LogP contribution in [0.2, 0.25) is 0 Å². The lowest BCUT2D eigenvalue weighted by Crippen LogP contribution is -2.41. The van der Waals surface area contributed by atoms with Crippen molar-refractivity contribution in [1.29, 1.82) is 0 Å². The topological polar surface area (TPSA) is 58.2 Å². The highest BCUT2D eigenvalue weighted by molar-refractivity contribution is 5.97. The number of amides is 2. The lowest BCUT2D eigenvalue weighted by molar-refractivity contribution is 0.0879. The molecule has 0 unspecified atom stereocenters. The van der Waals surface area contributed by atoms with E-state index in [2.05, 4.69) is 10.6 Å². The zero-order valence-electron chi connectivity index (χ0n) is 14.2. The van der Waals surface area contributed by atoms with Gasteiger partial charge in [0.1, 0.15) is 17.8 Å². The maximum atomic E-state index is 13.9. The summed E-state index contributed by atoms with van der Waals surface area (Å²) in [5.74, 6) is -2.75. The molecule has 0 heterocycles. The van der Waals surface area contributed by atoms with E-state index >= 15 is 0 Å². The molecule has 0 fully saturated rings. The zero-order valence-corrected chi connectivity index (χ0v) is 14.2. The van der Waals surface area contributed by atoms with Crippen LogP contribution < -0.4 is 10.6 Å². The highest BCUT2D eigenvalue weighted by Gasteiger charge is 2.21. The lowest BCUT2D eigenvalue weighted by Gasteiger charge is -2.21. The number of hydrogen-bond donors (Lipinski definition) is 2. The molecule has 0 bridgehead atoms. The number of carbonyl (C=O) groups excluding carboxylic acids is 2. The first-order valence-corrected chi connectivity index (χ1v) is 8.22. The number of rotatable bonds is 5. The highest BCUT2D eigenvalue weighted by Crippen LogP contribution is 2.15. The van der Waals surface area contributed by atoms with Crippen molar-refractivity contribution in [3.05, 3.63) is 107 Å². The highest BCUT2D eigenvalue weighted by atomic mass is 19.1. The smallest absolute Gasteiger partial charge is 0.256 e. The Labute approximate surface area is 154 Å². The van der Waals surface area contributed by atoms with Gasteiger partial charge in [-0.1, -0.05) is 54.6 Å². The molecule has 0 radical (unpaired) electrons. The minimum absolute atomic E-state index is 0.154. The Hall–Kier alpha value is -3.54. The quantitative estimate of drug-likeness (QED) is 0.675. The van der Waals surface area contributed by atoms with E-state index in [0.29, 0.717) is 5.56 Å². The third-order valence-electron chi connectivity index (χ3n) is 3.92. The Morgan fingerprint density at radius 1 is 0.630 bits per heavy atom. The van der Waals surface area contributed by atoms with Gasteiger partial charge in [0.05, 0.1) is 11.1 Å². The van der Waals surface area contributed by atoms with Crippen molar-refractivity contribution in [2.75, 3.05) is 0 Å². The summed E-state index contributed by atoms with van der Waals surface area (Å²) in [7, 11) is 0. The minimum atomic E-state index is -0.967. The van der Waals surface area contributed by atoms with Gasteiger partial charge in [-0.15, -0.1) is 0 Å². The van der Waals surface area contributed by atoms with Crippen LogP contribution >= 0.6 is 0 Å². The maximum Gasteiger partial charge on any atom is 0.256 e. The summed E-state index contributed by atoms with van der Waals surface area (Å²) in [4.78, 5) is 24.9. The van der Waals surface area contributed by atoms with Crippen LogP contribution in [0.1, 0.15) is 32.4 Å². The first-order chi connectivity index (χ1) is 13.1. The molecule has 0 saturated carbocycles. The van der Waals surface area contributed by atoms with E-state index in [1.807, 2.05) is 0 Å². The van der Waals surface area contributed by atoms with Gasteiger partial charge in [0.25, 0.3) is 11.8 Å². The average molecular weight is 366 g/mol. The van der Waals surface area contributed by atoms with E-state index < -0.39 is 29.6 Å². The molecule has 0 aliphatic carbocycles. The fourth-order valence-electron chi connectivity index (χ4n) is 2.56. The Morgan fingerprint density at radius 3 is 1.48 bits per heavy atom. The van der Waals surface area contributed by atoms with E-state index in [1.54, 1.807) is 30.3 Å². The molecule has 3 aromatic rings. The van der Waals surface area contributed by atoms with E-state index in [0.717, 1.165) is 0 Å². The number of benzene rings is 3. The Morgan fingerprint density at radius 2 is 1.04 bits per heavy atom. The lowest BCUT2D eigenvalue weighted by atomic mass is 10.1. The SMILES string of the molecule is O=C(NC(NC(=O)c1ccccc1F)c1ccccc1)c1ccccc1F. The van der Waals surface area contributed by atoms with Crippen LogP contribution in [-0.2, 0) is 0 Å². The third-order valence-corrected chi connectivity index (χ3v) is 3.92. The fourth-order valence-corrected chi connectivity index (χ4v) is 2.56. The third kappa shape index (κ3) is 4.36. The second-order valence-electron chi connectivity index (χ2n) is 5.75. The Bertz CT molecular complexity index is 902. The van der Waals surface area contributed by atoms with Crippen LogP contribution in [0, 0.1) is 11.6 Å². The van der Waals surface area contributed by atoms with E-state index in [4.69, 9.17) is 0 Å². The predicted molar refractivity (Wildman–Crippen MR) is 96.9 cm³/mol. The van der Waals surface area contributed by atoms with Crippen LogP contribution in [0.15, 0.2) is 78.9 Å². The van der Waals surface area contributed by atoms with Gasteiger partial charge in [-0.25, -0.2) is 8.78 Å². The summed E-state index contributed by atoms with van der Waals surface area (Å²) in [6.45, 7) is 0. The van der Waals surface area contributed by atoms with E-state index in [-0.39, 0.29) is 11.1 Å². The number of halogens is 2. The normalized spacial score (nSPS) is 10.5. The first kappa shape index (κ1) is 18.3. The molecule has 0 aromatic heterocycles. The van der Waals surface area contributed by atoms with Crippen molar-refractivity contribution in [3.8, 4) is 0 Å². The van der Waals surface area contributed by atoms with Crippen molar-refractivity contribution in [2.24, 2.45) is 0 Å².